The summed E-state index contributed by atoms with van der Waals surface area (Å²) in [7, 11) is 0. The van der Waals surface area contributed by atoms with Gasteiger partial charge in [-0.25, -0.2) is 4.68 Å². The Labute approximate surface area is 113 Å². The summed E-state index contributed by atoms with van der Waals surface area (Å²) in [5.41, 5.74) is 2.13. The second-order valence-electron chi connectivity index (χ2n) is 5.66. The van der Waals surface area contributed by atoms with E-state index in [1.54, 1.807) is 0 Å². The van der Waals surface area contributed by atoms with Gasteiger partial charge < -0.3 is 4.90 Å². The third-order valence-electron chi connectivity index (χ3n) is 4.54. The van der Waals surface area contributed by atoms with Gasteiger partial charge in [0.2, 0.25) is 0 Å². The van der Waals surface area contributed by atoms with Gasteiger partial charge in [-0.2, -0.15) is 0 Å². The summed E-state index contributed by atoms with van der Waals surface area (Å²) in [6.07, 6.45) is 4.73. The summed E-state index contributed by atoms with van der Waals surface area (Å²) < 4.78 is 2.10. The second-order valence-corrected chi connectivity index (χ2v) is 5.66. The van der Waals surface area contributed by atoms with Crippen LogP contribution in [0.1, 0.15) is 18.9 Å². The molecule has 0 spiro atoms. The van der Waals surface area contributed by atoms with E-state index < -0.39 is 0 Å². The molecule has 0 saturated carbocycles. The topological polar surface area (TPSA) is 34.0 Å². The van der Waals surface area contributed by atoms with Crippen molar-refractivity contribution in [3.8, 4) is 11.3 Å². The molecule has 3 aliphatic heterocycles. The van der Waals surface area contributed by atoms with E-state index in [-0.39, 0.29) is 0 Å². The Balaban J connectivity index is 1.62. The lowest BCUT2D eigenvalue weighted by atomic mass is 9.84. The second kappa shape index (κ2) is 4.46. The molecule has 1 aromatic carbocycles. The number of benzene rings is 1. The highest BCUT2D eigenvalue weighted by Crippen LogP contribution is 2.35. The van der Waals surface area contributed by atoms with E-state index in [0.717, 1.165) is 23.7 Å². The molecule has 2 aromatic rings. The molecule has 1 aromatic heterocycles. The lowest BCUT2D eigenvalue weighted by molar-refractivity contribution is 0.0504. The van der Waals surface area contributed by atoms with E-state index in [1.165, 1.54) is 25.9 Å². The summed E-state index contributed by atoms with van der Waals surface area (Å²) in [5, 5.41) is 8.71. The standard InChI is InChI=1S/C15H18N4/c1-2-4-12(5-3-1)14-10-19(17-16-14)15-11-18-8-6-13(15)7-9-18/h1-5,10,13,15H,6-9,11H2. The van der Waals surface area contributed by atoms with Crippen LogP contribution < -0.4 is 0 Å². The molecule has 0 amide bonds. The molecule has 4 heterocycles. The van der Waals surface area contributed by atoms with Crippen LogP contribution in [0.2, 0.25) is 0 Å². The van der Waals surface area contributed by atoms with Gasteiger partial charge in [0.15, 0.2) is 0 Å². The largest absolute Gasteiger partial charge is 0.301 e. The molecule has 0 radical (unpaired) electrons. The van der Waals surface area contributed by atoms with Crippen LogP contribution in [0.3, 0.4) is 0 Å². The number of hydrogen-bond acceptors (Lipinski definition) is 3. The van der Waals surface area contributed by atoms with E-state index in [1.807, 2.05) is 18.2 Å². The Bertz CT molecular complexity index is 555. The van der Waals surface area contributed by atoms with Gasteiger partial charge in [-0.1, -0.05) is 35.5 Å². The van der Waals surface area contributed by atoms with Gasteiger partial charge >= 0.3 is 0 Å². The van der Waals surface area contributed by atoms with E-state index in [4.69, 9.17) is 0 Å². The average Bonchev–Trinajstić information content (AvgIpc) is 2.99. The normalized spacial score (nSPS) is 29.6. The molecular weight excluding hydrogens is 236 g/mol. The van der Waals surface area contributed by atoms with E-state index in [0.29, 0.717) is 6.04 Å². The molecule has 1 unspecified atom stereocenters. The van der Waals surface area contributed by atoms with Gasteiger partial charge in [-0.15, -0.1) is 5.10 Å². The van der Waals surface area contributed by atoms with Crippen molar-refractivity contribution in [3.05, 3.63) is 36.5 Å². The van der Waals surface area contributed by atoms with Gasteiger partial charge in [-0.3, -0.25) is 0 Å². The first-order chi connectivity index (χ1) is 9.40. The fourth-order valence-corrected chi connectivity index (χ4v) is 3.41. The highest BCUT2D eigenvalue weighted by molar-refractivity contribution is 5.57. The summed E-state index contributed by atoms with van der Waals surface area (Å²) in [6, 6.07) is 10.8. The zero-order valence-corrected chi connectivity index (χ0v) is 10.9. The fourth-order valence-electron chi connectivity index (χ4n) is 3.41. The van der Waals surface area contributed by atoms with Crippen molar-refractivity contribution >= 4 is 0 Å². The molecule has 98 valence electrons. The minimum Gasteiger partial charge on any atom is -0.301 e. The average molecular weight is 254 g/mol. The maximum absolute atomic E-state index is 4.37. The maximum atomic E-state index is 4.37. The Morgan fingerprint density at radius 1 is 1.05 bits per heavy atom. The highest BCUT2D eigenvalue weighted by Gasteiger charge is 2.35. The lowest BCUT2D eigenvalue weighted by Crippen LogP contribution is -2.48. The molecule has 4 nitrogen and oxygen atoms in total. The van der Waals surface area contributed by atoms with Gasteiger partial charge in [0.05, 0.1) is 12.2 Å². The number of hydrogen-bond donors (Lipinski definition) is 0. The Hall–Kier alpha value is -1.68. The van der Waals surface area contributed by atoms with Crippen molar-refractivity contribution in [3.63, 3.8) is 0 Å². The predicted octanol–water partition coefficient (Wildman–Crippen LogP) is 2.21. The number of fused-ring (bicyclic) bond motifs is 3. The van der Waals surface area contributed by atoms with Crippen LogP contribution in [0, 0.1) is 5.92 Å². The van der Waals surface area contributed by atoms with E-state index in [9.17, 15) is 0 Å². The smallest absolute Gasteiger partial charge is 0.113 e. The monoisotopic (exact) mass is 254 g/mol. The number of aromatic nitrogens is 3. The van der Waals surface area contributed by atoms with Crippen LogP contribution in [0.5, 0.6) is 0 Å². The molecule has 2 bridgehead atoms. The summed E-state index contributed by atoms with van der Waals surface area (Å²) >= 11 is 0. The molecule has 1 atom stereocenters. The van der Waals surface area contributed by atoms with Crippen LogP contribution in [-0.4, -0.2) is 39.5 Å². The van der Waals surface area contributed by atoms with E-state index >= 15 is 0 Å². The first-order valence-corrected chi connectivity index (χ1v) is 7.10. The SMILES string of the molecule is c1ccc(-c2cn(C3CN4CCC3CC4)nn2)cc1. The lowest BCUT2D eigenvalue weighted by Gasteiger charge is -2.44. The zero-order chi connectivity index (χ0) is 12.7. The summed E-state index contributed by atoms with van der Waals surface area (Å²) in [4.78, 5) is 2.55. The van der Waals surface area contributed by atoms with Crippen molar-refractivity contribution in [2.75, 3.05) is 19.6 Å². The summed E-state index contributed by atoms with van der Waals surface area (Å²) in [6.45, 7) is 3.67. The molecule has 5 rings (SSSR count). The molecular formula is C15H18N4. The Kier molecular flexibility index (Phi) is 2.62. The van der Waals surface area contributed by atoms with Crippen LogP contribution >= 0.6 is 0 Å². The molecule has 3 fully saturated rings. The number of nitrogens with zero attached hydrogens (tertiary/aromatic N) is 4. The van der Waals surface area contributed by atoms with E-state index in [2.05, 4.69) is 38.2 Å². The van der Waals surface area contributed by atoms with Crippen LogP contribution in [-0.2, 0) is 0 Å². The third-order valence-corrected chi connectivity index (χ3v) is 4.54. The number of piperidine rings is 3. The van der Waals surface area contributed by atoms with Crippen LogP contribution in [0.25, 0.3) is 11.3 Å². The molecule has 0 aliphatic carbocycles. The minimum atomic E-state index is 0.521. The van der Waals surface area contributed by atoms with Crippen molar-refractivity contribution < 1.29 is 0 Å². The number of rotatable bonds is 2. The van der Waals surface area contributed by atoms with Crippen LogP contribution in [0.15, 0.2) is 36.5 Å². The quantitative estimate of drug-likeness (QED) is 0.824. The first kappa shape index (κ1) is 11.2. The highest BCUT2D eigenvalue weighted by atomic mass is 15.4. The third kappa shape index (κ3) is 1.96. The minimum absolute atomic E-state index is 0.521. The van der Waals surface area contributed by atoms with Gasteiger partial charge in [0.1, 0.15) is 5.69 Å². The Morgan fingerprint density at radius 3 is 2.53 bits per heavy atom. The molecule has 3 saturated heterocycles. The van der Waals surface area contributed by atoms with Crippen molar-refractivity contribution in [2.24, 2.45) is 5.92 Å². The maximum Gasteiger partial charge on any atom is 0.113 e. The van der Waals surface area contributed by atoms with Crippen molar-refractivity contribution in [1.29, 1.82) is 0 Å². The van der Waals surface area contributed by atoms with Crippen molar-refractivity contribution in [2.45, 2.75) is 18.9 Å². The summed E-state index contributed by atoms with van der Waals surface area (Å²) in [5.74, 6) is 0.787. The molecule has 3 aliphatic rings. The van der Waals surface area contributed by atoms with Crippen LogP contribution in [0.4, 0.5) is 0 Å². The predicted molar refractivity (Wildman–Crippen MR) is 73.7 cm³/mol. The van der Waals surface area contributed by atoms with Gasteiger partial charge in [0.25, 0.3) is 0 Å². The first-order valence-electron chi connectivity index (χ1n) is 7.10. The van der Waals surface area contributed by atoms with Crippen molar-refractivity contribution in [1.82, 2.24) is 19.9 Å². The fraction of sp³-hybridized carbons (Fsp3) is 0.467. The van der Waals surface area contributed by atoms with Gasteiger partial charge in [-0.05, 0) is 31.8 Å². The zero-order valence-electron chi connectivity index (χ0n) is 10.9. The molecule has 19 heavy (non-hydrogen) atoms. The van der Waals surface area contributed by atoms with Gasteiger partial charge in [0, 0.05) is 12.1 Å². The molecule has 4 heteroatoms. The molecule has 0 N–H and O–H groups in total. The Morgan fingerprint density at radius 2 is 1.84 bits per heavy atom.